The zero-order chi connectivity index (χ0) is 14.2. The molecular formula is C14H12N2O2S2. The minimum absolute atomic E-state index is 0.0231. The third-order valence-electron chi connectivity index (χ3n) is 2.93. The lowest BCUT2D eigenvalue weighted by atomic mass is 10.2. The van der Waals surface area contributed by atoms with Gasteiger partial charge in [-0.25, -0.2) is 13.4 Å². The number of rotatable bonds is 3. The molecule has 4 nitrogen and oxygen atoms in total. The minimum atomic E-state index is -3.32. The predicted octanol–water partition coefficient (Wildman–Crippen LogP) is 2.85. The van der Waals surface area contributed by atoms with Crippen molar-refractivity contribution in [2.24, 2.45) is 0 Å². The standard InChI is InChI=1S/C14H12N2O2S2/c15-14-16-12-7-6-10(8-13(12)19-14)9-20(17,18)11-4-2-1-3-5-11/h1-8H,9H2,(H2,15,16). The second-order valence-corrected chi connectivity index (χ2v) is 7.48. The van der Waals surface area contributed by atoms with E-state index in [2.05, 4.69) is 4.98 Å². The third kappa shape index (κ3) is 2.52. The van der Waals surface area contributed by atoms with Crippen LogP contribution >= 0.6 is 11.3 Å². The van der Waals surface area contributed by atoms with E-state index in [-0.39, 0.29) is 5.75 Å². The summed E-state index contributed by atoms with van der Waals surface area (Å²) in [6.45, 7) is 0. The average Bonchev–Trinajstić information content (AvgIpc) is 2.79. The number of thiazole rings is 1. The molecule has 0 saturated carbocycles. The number of sulfone groups is 1. The number of nitrogens with two attached hydrogens (primary N) is 1. The Morgan fingerprint density at radius 1 is 1.10 bits per heavy atom. The van der Waals surface area contributed by atoms with E-state index in [9.17, 15) is 8.42 Å². The molecule has 0 radical (unpaired) electrons. The monoisotopic (exact) mass is 304 g/mol. The molecule has 3 aromatic rings. The molecule has 0 bridgehead atoms. The molecule has 0 spiro atoms. The molecule has 2 aromatic carbocycles. The lowest BCUT2D eigenvalue weighted by Crippen LogP contribution is -2.04. The van der Waals surface area contributed by atoms with Crippen molar-refractivity contribution >= 4 is 36.5 Å². The molecule has 3 rings (SSSR count). The fourth-order valence-corrected chi connectivity index (χ4v) is 4.16. The van der Waals surface area contributed by atoms with Crippen molar-refractivity contribution in [3.05, 3.63) is 54.1 Å². The Morgan fingerprint density at radius 3 is 2.60 bits per heavy atom. The molecule has 6 heteroatoms. The Morgan fingerprint density at radius 2 is 1.85 bits per heavy atom. The van der Waals surface area contributed by atoms with E-state index >= 15 is 0 Å². The third-order valence-corrected chi connectivity index (χ3v) is 5.48. The van der Waals surface area contributed by atoms with E-state index in [1.54, 1.807) is 42.5 Å². The number of hydrogen-bond donors (Lipinski definition) is 1. The molecule has 1 heterocycles. The molecular weight excluding hydrogens is 292 g/mol. The molecule has 0 aliphatic heterocycles. The van der Waals surface area contributed by atoms with Gasteiger partial charge in [0.15, 0.2) is 15.0 Å². The molecule has 20 heavy (non-hydrogen) atoms. The fourth-order valence-electron chi connectivity index (χ4n) is 2.01. The Kier molecular flexibility index (Phi) is 3.19. The van der Waals surface area contributed by atoms with Crippen molar-refractivity contribution in [3.63, 3.8) is 0 Å². The van der Waals surface area contributed by atoms with Gasteiger partial charge in [0.05, 0.1) is 20.9 Å². The predicted molar refractivity (Wildman–Crippen MR) is 81.4 cm³/mol. The highest BCUT2D eigenvalue weighted by atomic mass is 32.2. The van der Waals surface area contributed by atoms with Gasteiger partial charge < -0.3 is 5.73 Å². The normalized spacial score (nSPS) is 11.8. The van der Waals surface area contributed by atoms with Gasteiger partial charge in [0, 0.05) is 0 Å². The van der Waals surface area contributed by atoms with Crippen LogP contribution in [-0.2, 0) is 15.6 Å². The summed E-state index contributed by atoms with van der Waals surface area (Å²) in [7, 11) is -3.32. The molecule has 1 aromatic heterocycles. The van der Waals surface area contributed by atoms with Crippen LogP contribution in [0.2, 0.25) is 0 Å². The lowest BCUT2D eigenvalue weighted by molar-refractivity contribution is 0.595. The summed E-state index contributed by atoms with van der Waals surface area (Å²) in [6.07, 6.45) is 0. The Balaban J connectivity index is 1.96. The molecule has 102 valence electrons. The van der Waals surface area contributed by atoms with Crippen LogP contribution in [0, 0.1) is 0 Å². The summed E-state index contributed by atoms with van der Waals surface area (Å²) >= 11 is 1.36. The number of nitrogen functional groups attached to an aromatic ring is 1. The Labute approximate surface area is 120 Å². The number of fused-ring (bicyclic) bond motifs is 1. The second-order valence-electron chi connectivity index (χ2n) is 4.43. The van der Waals surface area contributed by atoms with Crippen LogP contribution in [-0.4, -0.2) is 13.4 Å². The number of anilines is 1. The smallest absolute Gasteiger partial charge is 0.182 e. The molecule has 0 aliphatic carbocycles. The van der Waals surface area contributed by atoms with Crippen LogP contribution in [0.5, 0.6) is 0 Å². The average molecular weight is 304 g/mol. The summed E-state index contributed by atoms with van der Waals surface area (Å²) in [5.41, 5.74) is 7.19. The summed E-state index contributed by atoms with van der Waals surface area (Å²) in [5, 5.41) is 0.489. The SMILES string of the molecule is Nc1nc2ccc(CS(=O)(=O)c3ccccc3)cc2s1. The van der Waals surface area contributed by atoms with Crippen molar-refractivity contribution in [2.75, 3.05) is 5.73 Å². The van der Waals surface area contributed by atoms with Crippen LogP contribution in [0.25, 0.3) is 10.2 Å². The van der Waals surface area contributed by atoms with Crippen molar-refractivity contribution in [2.45, 2.75) is 10.6 Å². The van der Waals surface area contributed by atoms with E-state index in [4.69, 9.17) is 5.73 Å². The van der Waals surface area contributed by atoms with Crippen molar-refractivity contribution in [1.82, 2.24) is 4.98 Å². The van der Waals surface area contributed by atoms with E-state index < -0.39 is 9.84 Å². The first-order valence-corrected chi connectivity index (χ1v) is 8.44. The fraction of sp³-hybridized carbons (Fsp3) is 0.0714. The van der Waals surface area contributed by atoms with Crippen LogP contribution in [0.1, 0.15) is 5.56 Å². The highest BCUT2D eigenvalue weighted by Gasteiger charge is 2.15. The first-order valence-electron chi connectivity index (χ1n) is 5.97. The van der Waals surface area contributed by atoms with Crippen molar-refractivity contribution in [1.29, 1.82) is 0 Å². The highest BCUT2D eigenvalue weighted by molar-refractivity contribution is 7.90. The van der Waals surface area contributed by atoms with E-state index in [1.165, 1.54) is 11.3 Å². The van der Waals surface area contributed by atoms with Gasteiger partial charge in [-0.1, -0.05) is 35.6 Å². The van der Waals surface area contributed by atoms with E-state index in [0.29, 0.717) is 10.0 Å². The Bertz CT molecular complexity index is 855. The number of aromatic nitrogens is 1. The zero-order valence-corrected chi connectivity index (χ0v) is 12.1. The number of hydrogen-bond acceptors (Lipinski definition) is 5. The summed E-state index contributed by atoms with van der Waals surface area (Å²) in [4.78, 5) is 4.49. The molecule has 0 fully saturated rings. The van der Waals surface area contributed by atoms with E-state index in [1.807, 2.05) is 6.07 Å². The first kappa shape index (κ1) is 13.1. The van der Waals surface area contributed by atoms with Gasteiger partial charge in [0.2, 0.25) is 0 Å². The van der Waals surface area contributed by atoms with Crippen LogP contribution in [0.3, 0.4) is 0 Å². The van der Waals surface area contributed by atoms with Crippen LogP contribution in [0.15, 0.2) is 53.4 Å². The summed E-state index contributed by atoms with van der Waals surface area (Å²) < 4.78 is 25.5. The zero-order valence-electron chi connectivity index (χ0n) is 10.5. The van der Waals surface area contributed by atoms with Gasteiger partial charge >= 0.3 is 0 Å². The molecule has 0 atom stereocenters. The second kappa shape index (κ2) is 4.88. The molecule has 0 amide bonds. The van der Waals surface area contributed by atoms with E-state index in [0.717, 1.165) is 15.8 Å². The molecule has 0 unspecified atom stereocenters. The number of benzene rings is 2. The molecule has 0 aliphatic rings. The Hall–Kier alpha value is -1.92. The molecule has 2 N–H and O–H groups in total. The van der Waals surface area contributed by atoms with Gasteiger partial charge in [-0.15, -0.1) is 0 Å². The highest BCUT2D eigenvalue weighted by Crippen LogP contribution is 2.26. The first-order chi connectivity index (χ1) is 9.54. The quantitative estimate of drug-likeness (QED) is 0.807. The topological polar surface area (TPSA) is 73.0 Å². The van der Waals surface area contributed by atoms with Gasteiger partial charge in [-0.3, -0.25) is 0 Å². The largest absolute Gasteiger partial charge is 0.375 e. The maximum absolute atomic E-state index is 12.3. The van der Waals surface area contributed by atoms with Gasteiger partial charge in [0.25, 0.3) is 0 Å². The maximum Gasteiger partial charge on any atom is 0.182 e. The van der Waals surface area contributed by atoms with Crippen molar-refractivity contribution in [3.8, 4) is 0 Å². The molecule has 0 saturated heterocycles. The van der Waals surface area contributed by atoms with Crippen LogP contribution in [0.4, 0.5) is 5.13 Å². The van der Waals surface area contributed by atoms with Gasteiger partial charge in [0.1, 0.15) is 0 Å². The van der Waals surface area contributed by atoms with Gasteiger partial charge in [-0.2, -0.15) is 0 Å². The minimum Gasteiger partial charge on any atom is -0.375 e. The lowest BCUT2D eigenvalue weighted by Gasteiger charge is -2.04. The van der Waals surface area contributed by atoms with Crippen LogP contribution < -0.4 is 5.73 Å². The van der Waals surface area contributed by atoms with Crippen molar-refractivity contribution < 1.29 is 8.42 Å². The number of nitrogens with zero attached hydrogens (tertiary/aromatic N) is 1. The maximum atomic E-state index is 12.3. The summed E-state index contributed by atoms with van der Waals surface area (Å²) in [5.74, 6) is -0.0231. The summed E-state index contributed by atoms with van der Waals surface area (Å²) in [6, 6.07) is 13.9. The van der Waals surface area contributed by atoms with Gasteiger partial charge in [-0.05, 0) is 29.8 Å².